The van der Waals surface area contributed by atoms with Gasteiger partial charge in [-0.1, -0.05) is 87.8 Å². The molecular weight excluding hydrogens is 947 g/mol. The van der Waals surface area contributed by atoms with Gasteiger partial charge in [0.25, 0.3) is 0 Å². The summed E-state index contributed by atoms with van der Waals surface area (Å²) in [5, 5.41) is 50.3. The molecule has 2 rings (SSSR count). The number of aromatic amines is 1. The molecule has 23 heteroatoms. The van der Waals surface area contributed by atoms with Gasteiger partial charge in [-0.3, -0.25) is 38.4 Å². The number of amides is 8. The van der Waals surface area contributed by atoms with Crippen LogP contribution in [0, 0.1) is 29.6 Å². The number of hydrogen-bond donors (Lipinski definition) is 13. The lowest BCUT2D eigenvalue weighted by Crippen LogP contribution is -2.60. The van der Waals surface area contributed by atoms with Gasteiger partial charge in [0.1, 0.15) is 48.0 Å². The highest BCUT2D eigenvalue weighted by Crippen LogP contribution is 2.15. The molecule has 0 unspecified atom stereocenters. The largest absolute Gasteiger partial charge is 0.508 e. The Morgan fingerprint density at radius 1 is 0.575 bits per heavy atom. The fourth-order valence-corrected chi connectivity index (χ4v) is 7.65. The second-order valence-corrected chi connectivity index (χ2v) is 20.3. The number of rotatable bonds is 32. The molecule has 14 N–H and O–H groups in total. The monoisotopic (exact) mass is 1030 g/mol. The molecule has 0 saturated carbocycles. The average Bonchev–Trinajstić information content (AvgIpc) is 3.83. The van der Waals surface area contributed by atoms with Crippen molar-refractivity contribution in [2.75, 3.05) is 13.2 Å². The van der Waals surface area contributed by atoms with Crippen LogP contribution in [0.2, 0.25) is 0 Å². The van der Waals surface area contributed by atoms with Gasteiger partial charge in [-0.15, -0.1) is 0 Å². The fourth-order valence-electron chi connectivity index (χ4n) is 7.65. The SMILES string of the molecule is CC[C@H](C)[C@H](NC(=O)CNC(=O)[C@H](CC(C)C)NC(=O)[C@H](CO)NC(=O)[C@H](CC(C)C)NC(=O)[C@H](CC(C)C)NC(=O)[C@@H](N)Cc1ccc(O)cc1)C(=O)N[C@@H](Cc1cnc[nH]1)C(=O)N[C@@H](CC(C)C)C(=O)O. The summed E-state index contributed by atoms with van der Waals surface area (Å²) in [6.45, 7) is 16.4. The highest BCUT2D eigenvalue weighted by atomic mass is 16.4. The number of carbonyl (C=O) groups excluding carboxylic acids is 8. The van der Waals surface area contributed by atoms with E-state index in [2.05, 4.69) is 52.5 Å². The van der Waals surface area contributed by atoms with E-state index in [0.29, 0.717) is 17.7 Å². The van der Waals surface area contributed by atoms with Gasteiger partial charge in [-0.05, 0) is 79.4 Å². The predicted octanol–water partition coefficient (Wildman–Crippen LogP) is 0.0450. The van der Waals surface area contributed by atoms with Crippen LogP contribution >= 0.6 is 0 Å². The number of imidazole rings is 1. The van der Waals surface area contributed by atoms with Crippen LogP contribution in [-0.2, 0) is 56.0 Å². The van der Waals surface area contributed by atoms with E-state index in [9.17, 15) is 58.5 Å². The van der Waals surface area contributed by atoms with E-state index in [1.54, 1.807) is 53.7 Å². The summed E-state index contributed by atoms with van der Waals surface area (Å²) < 4.78 is 0. The number of carboxylic acids is 1. The topological polar surface area (TPSA) is 365 Å². The number of aliphatic hydroxyl groups excluding tert-OH is 1. The second kappa shape index (κ2) is 31.1. The number of carbonyl (C=O) groups is 9. The van der Waals surface area contributed by atoms with Gasteiger partial charge >= 0.3 is 5.97 Å². The van der Waals surface area contributed by atoms with Crippen molar-refractivity contribution in [1.82, 2.24) is 52.5 Å². The number of hydrogen-bond acceptors (Lipinski definition) is 13. The Kier molecular flexibility index (Phi) is 26.6. The summed E-state index contributed by atoms with van der Waals surface area (Å²) >= 11 is 0. The number of aliphatic hydroxyl groups is 1. The minimum Gasteiger partial charge on any atom is -0.508 e. The Balaban J connectivity index is 2.18. The molecule has 0 spiro atoms. The van der Waals surface area contributed by atoms with E-state index < -0.39 is 121 Å². The van der Waals surface area contributed by atoms with Crippen LogP contribution in [0.5, 0.6) is 5.75 Å². The molecule has 1 aromatic heterocycles. The van der Waals surface area contributed by atoms with Gasteiger partial charge in [-0.2, -0.15) is 0 Å². The van der Waals surface area contributed by atoms with Crippen LogP contribution in [0.3, 0.4) is 0 Å². The first-order valence-electron chi connectivity index (χ1n) is 25.0. The maximum Gasteiger partial charge on any atom is 0.326 e. The van der Waals surface area contributed by atoms with Crippen LogP contribution in [-0.4, -0.2) is 140 Å². The van der Waals surface area contributed by atoms with Gasteiger partial charge in [-0.25, -0.2) is 9.78 Å². The molecule has 0 aliphatic rings. The number of nitrogens with two attached hydrogens (primary N) is 1. The van der Waals surface area contributed by atoms with E-state index in [-0.39, 0.29) is 67.9 Å². The van der Waals surface area contributed by atoms with E-state index in [0.717, 1.165) is 0 Å². The van der Waals surface area contributed by atoms with Gasteiger partial charge in [0.05, 0.1) is 25.5 Å². The Hall–Kier alpha value is -6.62. The minimum absolute atomic E-state index is 0.0504. The molecule has 1 aromatic carbocycles. The van der Waals surface area contributed by atoms with E-state index in [1.807, 2.05) is 27.7 Å². The van der Waals surface area contributed by atoms with Crippen molar-refractivity contribution in [2.24, 2.45) is 35.3 Å². The molecule has 0 fully saturated rings. The molecule has 0 aliphatic carbocycles. The summed E-state index contributed by atoms with van der Waals surface area (Å²) in [6.07, 6.45) is 3.78. The third-order valence-electron chi connectivity index (χ3n) is 11.7. The third kappa shape index (κ3) is 22.8. The molecule has 9 atom stereocenters. The third-order valence-corrected chi connectivity index (χ3v) is 11.7. The Morgan fingerprint density at radius 3 is 1.48 bits per heavy atom. The van der Waals surface area contributed by atoms with Crippen molar-refractivity contribution in [1.29, 1.82) is 0 Å². The van der Waals surface area contributed by atoms with E-state index >= 15 is 0 Å². The van der Waals surface area contributed by atoms with Crippen molar-refractivity contribution < 1.29 is 58.5 Å². The fraction of sp³-hybridized carbons (Fsp3) is 0.640. The van der Waals surface area contributed by atoms with Crippen LogP contribution < -0.4 is 48.3 Å². The molecule has 8 amide bonds. The van der Waals surface area contributed by atoms with Crippen LogP contribution in [0.4, 0.5) is 0 Å². The Labute approximate surface area is 427 Å². The Bertz CT molecular complexity index is 2120. The number of H-pyrrole nitrogens is 1. The van der Waals surface area contributed by atoms with E-state index in [4.69, 9.17) is 5.73 Å². The average molecular weight is 1030 g/mol. The van der Waals surface area contributed by atoms with Crippen molar-refractivity contribution in [3.63, 3.8) is 0 Å². The summed E-state index contributed by atoms with van der Waals surface area (Å²) in [5.74, 6) is -8.28. The van der Waals surface area contributed by atoms with Gasteiger partial charge in [0.15, 0.2) is 0 Å². The first-order chi connectivity index (χ1) is 34.2. The molecule has 0 radical (unpaired) electrons. The number of nitrogens with zero attached hydrogens (tertiary/aromatic N) is 1. The number of nitrogens with one attached hydrogen (secondary N) is 9. The zero-order chi connectivity index (χ0) is 55.1. The van der Waals surface area contributed by atoms with Crippen molar-refractivity contribution >= 4 is 53.2 Å². The van der Waals surface area contributed by atoms with Crippen molar-refractivity contribution in [3.05, 3.63) is 48.0 Å². The quantitative estimate of drug-likeness (QED) is 0.0461. The summed E-state index contributed by atoms with van der Waals surface area (Å²) in [5.41, 5.74) is 7.34. The minimum atomic E-state index is -1.59. The zero-order valence-electron chi connectivity index (χ0n) is 43.9. The molecule has 408 valence electrons. The van der Waals surface area contributed by atoms with Crippen LogP contribution in [0.25, 0.3) is 0 Å². The molecule has 0 aliphatic heterocycles. The van der Waals surface area contributed by atoms with Crippen LogP contribution in [0.1, 0.15) is 113 Å². The highest BCUT2D eigenvalue weighted by Gasteiger charge is 2.35. The number of phenols is 1. The molecule has 0 bridgehead atoms. The highest BCUT2D eigenvalue weighted by molar-refractivity contribution is 5.97. The zero-order valence-corrected chi connectivity index (χ0v) is 43.9. The lowest BCUT2D eigenvalue weighted by molar-refractivity contribution is -0.142. The number of benzene rings is 1. The molecule has 73 heavy (non-hydrogen) atoms. The molecular formula is C50H81N11O12. The first-order valence-corrected chi connectivity index (χ1v) is 25.0. The summed E-state index contributed by atoms with van der Waals surface area (Å²) in [6, 6.07) is -3.74. The number of carboxylic acid groups (broad SMARTS) is 1. The first kappa shape index (κ1) is 62.5. The number of aromatic hydroxyl groups is 1. The van der Waals surface area contributed by atoms with Crippen molar-refractivity contribution in [3.8, 4) is 5.75 Å². The maximum atomic E-state index is 13.8. The number of phenolic OH excluding ortho intramolecular Hbond substituents is 1. The lowest BCUT2D eigenvalue weighted by atomic mass is 9.97. The maximum absolute atomic E-state index is 13.8. The standard InChI is InChI=1S/C50H81N11O12/c1-11-30(10)42(49(71)58-38(21-32-22-52-25-54-32)47(69)59-39(50(72)73)19-29(8)9)61-41(64)23-53-44(66)35(16-26(2)3)56-48(70)40(24-62)60-46(68)37(18-28(6)7)57-45(67)36(17-27(4)5)55-43(65)34(51)20-31-12-14-33(63)15-13-31/h12-15,22,25-30,34-40,42,62-63H,11,16-21,23-24,51H2,1-10H3,(H,52,54)(H,53,66)(H,55,65)(H,56,70)(H,57,67)(H,58,71)(H,59,69)(H,60,68)(H,61,64)(H,72,73)/t30-,34-,35-,36-,37-,38-,39-,40-,42-/m0/s1. The van der Waals surface area contributed by atoms with E-state index in [1.165, 1.54) is 24.7 Å². The van der Waals surface area contributed by atoms with Gasteiger partial charge < -0.3 is 68.6 Å². The number of aliphatic carboxylic acids is 1. The van der Waals surface area contributed by atoms with Crippen molar-refractivity contribution in [2.45, 2.75) is 163 Å². The summed E-state index contributed by atoms with van der Waals surface area (Å²) in [7, 11) is 0. The van der Waals surface area contributed by atoms with Crippen LogP contribution in [0.15, 0.2) is 36.8 Å². The molecule has 2 aromatic rings. The normalized spacial score (nSPS) is 15.1. The lowest BCUT2D eigenvalue weighted by Gasteiger charge is -2.28. The molecule has 1 heterocycles. The second-order valence-electron chi connectivity index (χ2n) is 20.3. The predicted molar refractivity (Wildman–Crippen MR) is 271 cm³/mol. The Morgan fingerprint density at radius 2 is 1.01 bits per heavy atom. The molecule has 23 nitrogen and oxygen atoms in total. The van der Waals surface area contributed by atoms with Gasteiger partial charge in [0, 0.05) is 18.3 Å². The number of aromatic nitrogens is 2. The smallest absolute Gasteiger partial charge is 0.326 e. The summed E-state index contributed by atoms with van der Waals surface area (Å²) in [4.78, 5) is 128. The van der Waals surface area contributed by atoms with Gasteiger partial charge in [0.2, 0.25) is 47.3 Å². The molecule has 0 saturated heterocycles.